The van der Waals surface area contributed by atoms with Gasteiger partial charge in [0.15, 0.2) is 0 Å². The highest BCUT2D eigenvalue weighted by molar-refractivity contribution is 5.76. The molecule has 22 heavy (non-hydrogen) atoms. The molecule has 0 atom stereocenters. The molecule has 2 aromatic carbocycles. The number of aryl methyl sites for hydroxylation is 2. The van der Waals surface area contributed by atoms with Crippen LogP contribution in [0, 0.1) is 6.92 Å². The molecule has 0 heterocycles. The van der Waals surface area contributed by atoms with E-state index in [4.69, 9.17) is 5.73 Å². The maximum atomic E-state index is 12.4. The first-order valence-corrected chi connectivity index (χ1v) is 7.77. The van der Waals surface area contributed by atoms with Crippen molar-refractivity contribution in [2.75, 3.05) is 12.3 Å². The number of benzene rings is 2. The molecule has 2 N–H and O–H groups in total. The summed E-state index contributed by atoms with van der Waals surface area (Å²) < 4.78 is 0. The van der Waals surface area contributed by atoms with Crippen LogP contribution in [0.1, 0.15) is 30.0 Å². The molecule has 0 bridgehead atoms. The Balaban J connectivity index is 1.93. The first kappa shape index (κ1) is 16.1. The van der Waals surface area contributed by atoms with Gasteiger partial charge in [-0.3, -0.25) is 4.79 Å². The Kier molecular flexibility index (Phi) is 5.59. The smallest absolute Gasteiger partial charge is 0.223 e. The first-order chi connectivity index (χ1) is 10.6. The summed E-state index contributed by atoms with van der Waals surface area (Å²) in [6, 6.07) is 16.1. The minimum atomic E-state index is 0.186. The lowest BCUT2D eigenvalue weighted by molar-refractivity contribution is -0.131. The third-order valence-electron chi connectivity index (χ3n) is 3.92. The van der Waals surface area contributed by atoms with Gasteiger partial charge in [0.25, 0.3) is 0 Å². The lowest BCUT2D eigenvalue weighted by Gasteiger charge is -2.21. The molecular formula is C19H24N2O. The minimum absolute atomic E-state index is 0.186. The molecular weight excluding hydrogens is 272 g/mol. The number of hydrogen-bond donors (Lipinski definition) is 1. The van der Waals surface area contributed by atoms with E-state index in [1.165, 1.54) is 0 Å². The van der Waals surface area contributed by atoms with Gasteiger partial charge in [-0.1, -0.05) is 42.5 Å². The van der Waals surface area contributed by atoms with Crippen LogP contribution in [0.25, 0.3) is 0 Å². The van der Waals surface area contributed by atoms with Crippen molar-refractivity contribution < 1.29 is 4.79 Å². The molecule has 0 fully saturated rings. The van der Waals surface area contributed by atoms with Crippen molar-refractivity contribution in [3.05, 3.63) is 65.2 Å². The van der Waals surface area contributed by atoms with E-state index >= 15 is 0 Å². The van der Waals surface area contributed by atoms with Gasteiger partial charge in [0.05, 0.1) is 0 Å². The molecule has 1 amide bonds. The first-order valence-electron chi connectivity index (χ1n) is 7.77. The molecule has 0 aliphatic rings. The summed E-state index contributed by atoms with van der Waals surface area (Å²) in [7, 11) is 0. The zero-order valence-corrected chi connectivity index (χ0v) is 13.4. The molecule has 0 aromatic heterocycles. The molecule has 0 spiro atoms. The van der Waals surface area contributed by atoms with Crippen LogP contribution in [0.15, 0.2) is 48.5 Å². The topological polar surface area (TPSA) is 46.3 Å². The van der Waals surface area contributed by atoms with Gasteiger partial charge < -0.3 is 10.6 Å². The van der Waals surface area contributed by atoms with Gasteiger partial charge in [0.2, 0.25) is 5.91 Å². The number of amides is 1. The molecule has 0 aliphatic carbocycles. The second kappa shape index (κ2) is 7.64. The van der Waals surface area contributed by atoms with Gasteiger partial charge in [-0.15, -0.1) is 0 Å². The Morgan fingerprint density at radius 2 is 1.82 bits per heavy atom. The lowest BCUT2D eigenvalue weighted by Crippen LogP contribution is -2.30. The average molecular weight is 296 g/mol. The molecule has 116 valence electrons. The van der Waals surface area contributed by atoms with Crippen molar-refractivity contribution in [2.45, 2.75) is 33.2 Å². The van der Waals surface area contributed by atoms with E-state index in [2.05, 4.69) is 12.1 Å². The van der Waals surface area contributed by atoms with Crippen molar-refractivity contribution in [3.8, 4) is 0 Å². The van der Waals surface area contributed by atoms with Crippen LogP contribution >= 0.6 is 0 Å². The second-order valence-corrected chi connectivity index (χ2v) is 5.58. The predicted molar refractivity (Wildman–Crippen MR) is 91.4 cm³/mol. The number of nitrogens with two attached hydrogens (primary N) is 1. The Labute approximate surface area is 132 Å². The second-order valence-electron chi connectivity index (χ2n) is 5.58. The van der Waals surface area contributed by atoms with Crippen LogP contribution in [-0.4, -0.2) is 17.4 Å². The fourth-order valence-electron chi connectivity index (χ4n) is 2.43. The number of hydrogen-bond acceptors (Lipinski definition) is 2. The highest BCUT2D eigenvalue weighted by atomic mass is 16.2. The zero-order chi connectivity index (χ0) is 15.9. The zero-order valence-electron chi connectivity index (χ0n) is 13.4. The van der Waals surface area contributed by atoms with E-state index in [0.29, 0.717) is 13.0 Å². The largest absolute Gasteiger partial charge is 0.399 e. The summed E-state index contributed by atoms with van der Waals surface area (Å²) in [5.74, 6) is 0.186. The van der Waals surface area contributed by atoms with E-state index < -0.39 is 0 Å². The van der Waals surface area contributed by atoms with E-state index in [0.717, 1.165) is 35.3 Å². The number of nitrogen functional groups attached to an aromatic ring is 1. The van der Waals surface area contributed by atoms with Crippen molar-refractivity contribution in [1.29, 1.82) is 0 Å². The summed E-state index contributed by atoms with van der Waals surface area (Å²) in [5.41, 5.74) is 10.1. The summed E-state index contributed by atoms with van der Waals surface area (Å²) in [6.07, 6.45) is 1.25. The quantitative estimate of drug-likeness (QED) is 0.829. The van der Waals surface area contributed by atoms with E-state index in [1.807, 2.05) is 55.1 Å². The number of carbonyl (C=O) groups is 1. The number of nitrogens with zero attached hydrogens (tertiary/aromatic N) is 1. The third kappa shape index (κ3) is 4.35. The van der Waals surface area contributed by atoms with Crippen LogP contribution in [0.4, 0.5) is 5.69 Å². The predicted octanol–water partition coefficient (Wildman–Crippen LogP) is 3.56. The van der Waals surface area contributed by atoms with Gasteiger partial charge >= 0.3 is 0 Å². The third-order valence-corrected chi connectivity index (χ3v) is 3.92. The molecule has 2 aromatic rings. The van der Waals surface area contributed by atoms with Crippen molar-refractivity contribution in [1.82, 2.24) is 4.90 Å². The number of carbonyl (C=O) groups excluding carboxylic acids is 1. The fraction of sp³-hybridized carbons (Fsp3) is 0.316. The van der Waals surface area contributed by atoms with E-state index in [-0.39, 0.29) is 5.91 Å². The molecule has 0 saturated heterocycles. The summed E-state index contributed by atoms with van der Waals surface area (Å²) in [5, 5.41) is 0. The van der Waals surface area contributed by atoms with Gasteiger partial charge in [-0.25, -0.2) is 0 Å². The van der Waals surface area contributed by atoms with Crippen molar-refractivity contribution >= 4 is 11.6 Å². The Morgan fingerprint density at radius 3 is 2.45 bits per heavy atom. The SMILES string of the molecule is CCN(Cc1ccccc1)C(=O)CCc1ccc(C)c(N)c1. The number of anilines is 1. The summed E-state index contributed by atoms with van der Waals surface area (Å²) in [4.78, 5) is 14.3. The molecule has 2 rings (SSSR count). The van der Waals surface area contributed by atoms with Gasteiger partial charge in [-0.2, -0.15) is 0 Å². The molecule has 0 aliphatic heterocycles. The molecule has 0 saturated carbocycles. The van der Waals surface area contributed by atoms with Crippen LogP contribution in [0.5, 0.6) is 0 Å². The van der Waals surface area contributed by atoms with Gasteiger partial charge in [0.1, 0.15) is 0 Å². The Hall–Kier alpha value is -2.29. The maximum Gasteiger partial charge on any atom is 0.223 e. The monoisotopic (exact) mass is 296 g/mol. The molecule has 0 radical (unpaired) electrons. The summed E-state index contributed by atoms with van der Waals surface area (Å²) >= 11 is 0. The Bertz CT molecular complexity index is 623. The van der Waals surface area contributed by atoms with Crippen LogP contribution in [-0.2, 0) is 17.8 Å². The standard InChI is InChI=1S/C19H24N2O/c1-3-21(14-17-7-5-4-6-8-17)19(22)12-11-16-10-9-15(2)18(20)13-16/h4-10,13H,3,11-12,14,20H2,1-2H3. The van der Waals surface area contributed by atoms with Crippen molar-refractivity contribution in [2.24, 2.45) is 0 Å². The highest BCUT2D eigenvalue weighted by Gasteiger charge is 2.12. The summed E-state index contributed by atoms with van der Waals surface area (Å²) in [6.45, 7) is 5.41. The minimum Gasteiger partial charge on any atom is -0.399 e. The Morgan fingerprint density at radius 1 is 1.09 bits per heavy atom. The van der Waals surface area contributed by atoms with Crippen LogP contribution in [0.2, 0.25) is 0 Å². The molecule has 3 nitrogen and oxygen atoms in total. The lowest BCUT2D eigenvalue weighted by atomic mass is 10.1. The molecule has 0 unspecified atom stereocenters. The van der Waals surface area contributed by atoms with E-state index in [1.54, 1.807) is 0 Å². The molecule has 3 heteroatoms. The normalized spacial score (nSPS) is 10.5. The van der Waals surface area contributed by atoms with Crippen molar-refractivity contribution in [3.63, 3.8) is 0 Å². The highest BCUT2D eigenvalue weighted by Crippen LogP contribution is 2.15. The van der Waals surface area contributed by atoms with Crippen LogP contribution in [0.3, 0.4) is 0 Å². The fourth-order valence-corrected chi connectivity index (χ4v) is 2.43. The average Bonchev–Trinajstić information content (AvgIpc) is 2.54. The number of rotatable bonds is 6. The van der Waals surface area contributed by atoms with E-state index in [9.17, 15) is 4.79 Å². The maximum absolute atomic E-state index is 12.4. The van der Waals surface area contributed by atoms with Gasteiger partial charge in [0, 0.05) is 25.2 Å². The van der Waals surface area contributed by atoms with Gasteiger partial charge in [-0.05, 0) is 43.0 Å². The van der Waals surface area contributed by atoms with Crippen LogP contribution < -0.4 is 5.73 Å².